The molecule has 0 fully saturated rings. The first-order valence-corrected chi connectivity index (χ1v) is 6.86. The Hall–Kier alpha value is -1.06. The predicted octanol–water partition coefficient (Wildman–Crippen LogP) is 2.10. The molecule has 100 valence electrons. The van der Waals surface area contributed by atoms with Crippen LogP contribution in [0.2, 0.25) is 0 Å². The van der Waals surface area contributed by atoms with Gasteiger partial charge in [0.2, 0.25) is 0 Å². The zero-order chi connectivity index (χ0) is 13.0. The van der Waals surface area contributed by atoms with Gasteiger partial charge in [0.05, 0.1) is 6.61 Å². The van der Waals surface area contributed by atoms with Gasteiger partial charge in [-0.3, -0.25) is 0 Å². The Morgan fingerprint density at radius 3 is 2.83 bits per heavy atom. The zero-order valence-electron chi connectivity index (χ0n) is 11.6. The molecule has 2 rings (SSSR count). The minimum absolute atomic E-state index is 0.483. The van der Waals surface area contributed by atoms with Crippen LogP contribution in [-0.2, 0) is 13.0 Å². The number of nitrogens with one attached hydrogen (secondary N) is 2. The second kappa shape index (κ2) is 6.21. The van der Waals surface area contributed by atoms with E-state index in [9.17, 15) is 0 Å². The van der Waals surface area contributed by atoms with Gasteiger partial charge in [-0.2, -0.15) is 0 Å². The topological polar surface area (TPSA) is 33.3 Å². The molecule has 1 aliphatic heterocycles. The van der Waals surface area contributed by atoms with E-state index in [2.05, 4.69) is 49.6 Å². The van der Waals surface area contributed by atoms with Crippen molar-refractivity contribution in [1.82, 2.24) is 10.6 Å². The fraction of sp³-hybridized carbons (Fsp3) is 0.600. The van der Waals surface area contributed by atoms with Gasteiger partial charge < -0.3 is 15.4 Å². The number of benzene rings is 1. The molecule has 0 radical (unpaired) electrons. The summed E-state index contributed by atoms with van der Waals surface area (Å²) in [6, 6.07) is 7.54. The summed E-state index contributed by atoms with van der Waals surface area (Å²) in [4.78, 5) is 0. The number of hydrogen-bond donors (Lipinski definition) is 2. The SMILES string of the molecule is CC(C)NCC(C)NCc1ccc2c(c1)CCO2. The minimum atomic E-state index is 0.483. The maximum atomic E-state index is 5.51. The molecular weight excluding hydrogens is 224 g/mol. The predicted molar refractivity (Wildman–Crippen MR) is 75.1 cm³/mol. The van der Waals surface area contributed by atoms with Crippen LogP contribution >= 0.6 is 0 Å². The molecule has 0 saturated heterocycles. The molecule has 1 aromatic carbocycles. The Morgan fingerprint density at radius 2 is 2.06 bits per heavy atom. The standard InChI is InChI=1S/C15H24N2O/c1-11(2)16-9-12(3)17-10-13-4-5-15-14(8-13)6-7-18-15/h4-5,8,11-12,16-17H,6-7,9-10H2,1-3H3. The summed E-state index contributed by atoms with van der Waals surface area (Å²) in [5.74, 6) is 1.06. The smallest absolute Gasteiger partial charge is 0.122 e. The Labute approximate surface area is 110 Å². The van der Waals surface area contributed by atoms with E-state index < -0.39 is 0 Å². The molecule has 18 heavy (non-hydrogen) atoms. The second-order valence-electron chi connectivity index (χ2n) is 5.39. The summed E-state index contributed by atoms with van der Waals surface area (Å²) in [7, 11) is 0. The lowest BCUT2D eigenvalue weighted by Crippen LogP contribution is -2.38. The molecule has 1 heterocycles. The molecule has 0 saturated carbocycles. The van der Waals surface area contributed by atoms with E-state index in [1.165, 1.54) is 11.1 Å². The highest BCUT2D eigenvalue weighted by Gasteiger charge is 2.12. The maximum absolute atomic E-state index is 5.51. The van der Waals surface area contributed by atoms with Gasteiger partial charge in [-0.05, 0) is 24.1 Å². The fourth-order valence-electron chi connectivity index (χ4n) is 2.13. The van der Waals surface area contributed by atoms with Crippen molar-refractivity contribution in [2.75, 3.05) is 13.2 Å². The molecule has 1 aromatic rings. The summed E-state index contributed by atoms with van der Waals surface area (Å²) in [6.45, 7) is 9.33. The molecule has 2 N–H and O–H groups in total. The van der Waals surface area contributed by atoms with Gasteiger partial charge in [-0.25, -0.2) is 0 Å². The van der Waals surface area contributed by atoms with E-state index in [0.29, 0.717) is 12.1 Å². The Bertz CT molecular complexity index is 390. The van der Waals surface area contributed by atoms with Crippen molar-refractivity contribution in [2.24, 2.45) is 0 Å². The van der Waals surface area contributed by atoms with E-state index >= 15 is 0 Å². The van der Waals surface area contributed by atoms with Gasteiger partial charge in [0, 0.05) is 31.6 Å². The van der Waals surface area contributed by atoms with Crippen molar-refractivity contribution in [3.8, 4) is 5.75 Å². The third-order valence-corrected chi connectivity index (χ3v) is 3.24. The van der Waals surface area contributed by atoms with Crippen molar-refractivity contribution in [3.63, 3.8) is 0 Å². The van der Waals surface area contributed by atoms with Crippen LogP contribution in [0, 0.1) is 0 Å². The van der Waals surface area contributed by atoms with Gasteiger partial charge in [0.1, 0.15) is 5.75 Å². The van der Waals surface area contributed by atoms with Crippen LogP contribution in [0.1, 0.15) is 31.9 Å². The molecule has 3 nitrogen and oxygen atoms in total. The lowest BCUT2D eigenvalue weighted by Gasteiger charge is -2.16. The van der Waals surface area contributed by atoms with Gasteiger partial charge >= 0.3 is 0 Å². The van der Waals surface area contributed by atoms with Crippen molar-refractivity contribution in [2.45, 2.75) is 45.8 Å². The fourth-order valence-corrected chi connectivity index (χ4v) is 2.13. The quantitative estimate of drug-likeness (QED) is 0.809. The molecular formula is C15H24N2O. The third kappa shape index (κ3) is 3.72. The van der Waals surface area contributed by atoms with Crippen molar-refractivity contribution < 1.29 is 4.74 Å². The first-order valence-electron chi connectivity index (χ1n) is 6.86. The Morgan fingerprint density at radius 1 is 1.22 bits per heavy atom. The largest absolute Gasteiger partial charge is 0.493 e. The summed E-state index contributed by atoms with van der Waals surface area (Å²) in [5.41, 5.74) is 2.69. The number of hydrogen-bond acceptors (Lipinski definition) is 3. The summed E-state index contributed by atoms with van der Waals surface area (Å²) < 4.78 is 5.51. The van der Waals surface area contributed by atoms with E-state index in [4.69, 9.17) is 4.74 Å². The molecule has 0 bridgehead atoms. The first-order chi connectivity index (χ1) is 8.65. The van der Waals surface area contributed by atoms with E-state index in [1.54, 1.807) is 0 Å². The lowest BCUT2D eigenvalue weighted by molar-refractivity contribution is 0.357. The average Bonchev–Trinajstić information content (AvgIpc) is 2.81. The molecule has 1 atom stereocenters. The van der Waals surface area contributed by atoms with Gasteiger partial charge in [-0.1, -0.05) is 26.0 Å². The molecule has 1 unspecified atom stereocenters. The van der Waals surface area contributed by atoms with Crippen LogP contribution in [0.5, 0.6) is 5.75 Å². The van der Waals surface area contributed by atoms with Gasteiger partial charge in [0.25, 0.3) is 0 Å². The van der Waals surface area contributed by atoms with E-state index in [1.807, 2.05) is 0 Å². The van der Waals surface area contributed by atoms with Gasteiger partial charge in [0.15, 0.2) is 0 Å². The Balaban J connectivity index is 1.79. The first kappa shape index (κ1) is 13.4. The third-order valence-electron chi connectivity index (χ3n) is 3.24. The highest BCUT2D eigenvalue weighted by molar-refractivity contribution is 5.39. The number of ether oxygens (including phenoxy) is 1. The monoisotopic (exact) mass is 248 g/mol. The molecule has 0 aromatic heterocycles. The number of fused-ring (bicyclic) bond motifs is 1. The Kier molecular flexibility index (Phi) is 4.61. The number of rotatable bonds is 6. The van der Waals surface area contributed by atoms with Crippen LogP contribution < -0.4 is 15.4 Å². The highest BCUT2D eigenvalue weighted by atomic mass is 16.5. The van der Waals surface area contributed by atoms with E-state index in [0.717, 1.165) is 31.9 Å². The van der Waals surface area contributed by atoms with Crippen molar-refractivity contribution in [1.29, 1.82) is 0 Å². The summed E-state index contributed by atoms with van der Waals surface area (Å²) >= 11 is 0. The highest BCUT2D eigenvalue weighted by Crippen LogP contribution is 2.25. The normalized spacial score (nSPS) is 15.6. The minimum Gasteiger partial charge on any atom is -0.493 e. The lowest BCUT2D eigenvalue weighted by atomic mass is 10.1. The summed E-state index contributed by atoms with van der Waals surface area (Å²) in [6.07, 6.45) is 1.05. The van der Waals surface area contributed by atoms with Crippen LogP contribution in [0.3, 0.4) is 0 Å². The van der Waals surface area contributed by atoms with Crippen LogP contribution in [0.4, 0.5) is 0 Å². The van der Waals surface area contributed by atoms with Crippen LogP contribution in [0.15, 0.2) is 18.2 Å². The van der Waals surface area contributed by atoms with Crippen LogP contribution in [0.25, 0.3) is 0 Å². The average molecular weight is 248 g/mol. The molecule has 3 heteroatoms. The van der Waals surface area contributed by atoms with Crippen molar-refractivity contribution >= 4 is 0 Å². The zero-order valence-corrected chi connectivity index (χ0v) is 11.6. The molecule has 0 aliphatic carbocycles. The molecule has 0 amide bonds. The second-order valence-corrected chi connectivity index (χ2v) is 5.39. The van der Waals surface area contributed by atoms with E-state index in [-0.39, 0.29) is 0 Å². The summed E-state index contributed by atoms with van der Waals surface area (Å²) in [5, 5.41) is 6.98. The molecule has 0 spiro atoms. The van der Waals surface area contributed by atoms with Crippen LogP contribution in [-0.4, -0.2) is 25.2 Å². The van der Waals surface area contributed by atoms with Gasteiger partial charge in [-0.15, -0.1) is 0 Å². The van der Waals surface area contributed by atoms with Crippen molar-refractivity contribution in [3.05, 3.63) is 29.3 Å². The maximum Gasteiger partial charge on any atom is 0.122 e. The molecule has 1 aliphatic rings.